The van der Waals surface area contributed by atoms with E-state index in [1.165, 1.54) is 164 Å². The van der Waals surface area contributed by atoms with Gasteiger partial charge in [-0.05, 0) is 174 Å². The maximum Gasteiger partial charge on any atom is 0.120 e. The first kappa shape index (κ1) is 36.2. The van der Waals surface area contributed by atoms with Gasteiger partial charge in [0.25, 0.3) is 0 Å². The number of hydrogen-bond donors (Lipinski definition) is 4. The van der Waals surface area contributed by atoms with Gasteiger partial charge < -0.3 is 20.8 Å². The van der Waals surface area contributed by atoms with Crippen LogP contribution < -0.4 is 10.6 Å². The van der Waals surface area contributed by atoms with Gasteiger partial charge in [0, 0.05) is 60.2 Å². The van der Waals surface area contributed by atoms with Crippen molar-refractivity contribution in [2.75, 3.05) is 39.3 Å². The first-order valence-electron chi connectivity index (χ1n) is 23.1. The summed E-state index contributed by atoms with van der Waals surface area (Å²) in [5, 5.41) is 30.0. The SMILES string of the molecule is Oc1cc2c(cc1CNCCCCNCc1cc3c(cc1O)[C@@]14CCCC[C@H]1[C@@H](C3)N(CC1CCC1)CC4)C[C@@H]1[C@@H]3CCCC[C@]23CCN1CC1CCC1. The van der Waals surface area contributed by atoms with Crippen molar-refractivity contribution in [2.24, 2.45) is 23.7 Å². The molecule has 4 bridgehead atoms. The lowest BCUT2D eigenvalue weighted by Crippen LogP contribution is -2.61. The van der Waals surface area contributed by atoms with E-state index in [0.717, 1.165) is 73.8 Å². The van der Waals surface area contributed by atoms with Crippen molar-refractivity contribution < 1.29 is 10.2 Å². The molecule has 0 radical (unpaired) electrons. The van der Waals surface area contributed by atoms with Crippen LogP contribution in [0.4, 0.5) is 0 Å². The summed E-state index contributed by atoms with van der Waals surface area (Å²) in [5.41, 5.74) is 8.85. The maximum atomic E-state index is 11.3. The molecule has 6 nitrogen and oxygen atoms in total. The van der Waals surface area contributed by atoms with Crippen molar-refractivity contribution >= 4 is 0 Å². The van der Waals surface area contributed by atoms with E-state index in [-0.39, 0.29) is 0 Å². The summed E-state index contributed by atoms with van der Waals surface area (Å²) >= 11 is 0. The fourth-order valence-electron chi connectivity index (χ4n) is 14.1. The van der Waals surface area contributed by atoms with Gasteiger partial charge in [0.15, 0.2) is 0 Å². The molecule has 2 aliphatic heterocycles. The predicted molar refractivity (Wildman–Crippen MR) is 218 cm³/mol. The largest absolute Gasteiger partial charge is 0.508 e. The Kier molecular flexibility index (Phi) is 10.1. The average Bonchev–Trinajstić information content (AvgIpc) is 3.14. The molecule has 10 rings (SSSR count). The molecule has 2 saturated heterocycles. The molecule has 0 unspecified atom stereocenters. The molecule has 2 aromatic rings. The first-order chi connectivity index (χ1) is 26.5. The van der Waals surface area contributed by atoms with E-state index in [4.69, 9.17) is 0 Å². The van der Waals surface area contributed by atoms with Crippen LogP contribution in [0.5, 0.6) is 11.5 Å². The molecule has 0 spiro atoms. The molecule has 4 saturated carbocycles. The molecular formula is C48H70N4O2. The Morgan fingerprint density at radius 1 is 0.556 bits per heavy atom. The fraction of sp³-hybridized carbons (Fsp3) is 0.750. The number of phenolic OH excluding ortho intramolecular Hbond substituents is 2. The Balaban J connectivity index is 0.723. The minimum absolute atomic E-state index is 0.298. The van der Waals surface area contributed by atoms with Gasteiger partial charge in [0.05, 0.1) is 0 Å². The summed E-state index contributed by atoms with van der Waals surface area (Å²) in [5.74, 6) is 4.44. The van der Waals surface area contributed by atoms with Crippen LogP contribution in [-0.4, -0.2) is 71.4 Å². The van der Waals surface area contributed by atoms with Crippen LogP contribution >= 0.6 is 0 Å². The monoisotopic (exact) mass is 735 g/mol. The molecular weight excluding hydrogens is 665 g/mol. The molecule has 8 aliphatic rings. The quantitative estimate of drug-likeness (QED) is 0.155. The van der Waals surface area contributed by atoms with E-state index in [1.807, 2.05) is 0 Å². The first-order valence-corrected chi connectivity index (χ1v) is 23.1. The zero-order chi connectivity index (χ0) is 36.3. The van der Waals surface area contributed by atoms with Gasteiger partial charge in [0.2, 0.25) is 0 Å². The van der Waals surface area contributed by atoms with E-state index in [2.05, 4.69) is 44.7 Å². The van der Waals surface area contributed by atoms with Gasteiger partial charge in [-0.15, -0.1) is 0 Å². The molecule has 6 fully saturated rings. The number of fused-ring (bicyclic) bond motifs is 2. The molecule has 2 aromatic carbocycles. The Bertz CT molecular complexity index is 1550. The van der Waals surface area contributed by atoms with Crippen LogP contribution in [0, 0.1) is 23.7 Å². The third-order valence-corrected chi connectivity index (χ3v) is 17.3. The van der Waals surface area contributed by atoms with Gasteiger partial charge >= 0.3 is 0 Å². The molecule has 6 aliphatic carbocycles. The molecule has 54 heavy (non-hydrogen) atoms. The van der Waals surface area contributed by atoms with Gasteiger partial charge in [0.1, 0.15) is 11.5 Å². The smallest absolute Gasteiger partial charge is 0.120 e. The number of unbranched alkanes of at least 4 members (excludes halogenated alkanes) is 1. The molecule has 0 amide bonds. The summed E-state index contributed by atoms with van der Waals surface area (Å²) in [7, 11) is 0. The molecule has 0 aromatic heterocycles. The lowest BCUT2D eigenvalue weighted by Gasteiger charge is -2.59. The number of piperidine rings is 2. The zero-order valence-electron chi connectivity index (χ0n) is 33.4. The Morgan fingerprint density at radius 3 is 1.44 bits per heavy atom. The average molecular weight is 735 g/mol. The molecule has 4 N–H and O–H groups in total. The van der Waals surface area contributed by atoms with Crippen molar-refractivity contribution in [3.05, 3.63) is 57.6 Å². The summed E-state index contributed by atoms with van der Waals surface area (Å²) in [6.45, 7) is 8.54. The number of benzene rings is 2. The van der Waals surface area contributed by atoms with Crippen molar-refractivity contribution in [2.45, 2.75) is 164 Å². The fourth-order valence-corrected chi connectivity index (χ4v) is 14.1. The van der Waals surface area contributed by atoms with Crippen molar-refractivity contribution in [1.82, 2.24) is 20.4 Å². The predicted octanol–water partition coefficient (Wildman–Crippen LogP) is 8.47. The van der Waals surface area contributed by atoms with Gasteiger partial charge in [-0.1, -0.05) is 50.7 Å². The minimum atomic E-state index is 0.298. The van der Waals surface area contributed by atoms with Crippen LogP contribution in [0.2, 0.25) is 0 Å². The van der Waals surface area contributed by atoms with E-state index in [9.17, 15) is 10.2 Å². The lowest BCUT2D eigenvalue weighted by atomic mass is 9.52. The van der Waals surface area contributed by atoms with E-state index >= 15 is 0 Å². The number of phenols is 2. The topological polar surface area (TPSA) is 71.0 Å². The molecule has 6 atom stereocenters. The second kappa shape index (κ2) is 15.0. The van der Waals surface area contributed by atoms with Gasteiger partial charge in [-0.2, -0.15) is 0 Å². The Hall–Kier alpha value is -2.12. The molecule has 2 heterocycles. The van der Waals surface area contributed by atoms with Gasteiger partial charge in [-0.3, -0.25) is 9.80 Å². The zero-order valence-corrected chi connectivity index (χ0v) is 33.4. The molecule has 294 valence electrons. The highest BCUT2D eigenvalue weighted by Crippen LogP contribution is 2.58. The van der Waals surface area contributed by atoms with E-state index in [1.54, 1.807) is 0 Å². The number of rotatable bonds is 13. The third-order valence-electron chi connectivity index (χ3n) is 17.3. The highest BCUT2D eigenvalue weighted by atomic mass is 16.3. The normalized spacial score (nSPS) is 33.6. The maximum absolute atomic E-state index is 11.3. The van der Waals surface area contributed by atoms with Crippen LogP contribution in [0.3, 0.4) is 0 Å². The highest BCUT2D eigenvalue weighted by Gasteiger charge is 2.55. The number of nitrogens with one attached hydrogen (secondary N) is 2. The van der Waals surface area contributed by atoms with Gasteiger partial charge in [-0.25, -0.2) is 0 Å². The van der Waals surface area contributed by atoms with E-state index in [0.29, 0.717) is 34.4 Å². The van der Waals surface area contributed by atoms with E-state index < -0.39 is 0 Å². The number of aromatic hydroxyl groups is 2. The number of hydrogen-bond acceptors (Lipinski definition) is 6. The minimum Gasteiger partial charge on any atom is -0.508 e. The second-order valence-electron chi connectivity index (χ2n) is 20.0. The second-order valence-corrected chi connectivity index (χ2v) is 20.0. The summed E-state index contributed by atoms with van der Waals surface area (Å²) in [6.07, 6.45) is 26.6. The van der Waals surface area contributed by atoms with Crippen molar-refractivity contribution in [3.8, 4) is 11.5 Å². The van der Waals surface area contributed by atoms with Crippen LogP contribution in [0.1, 0.15) is 149 Å². The highest BCUT2D eigenvalue weighted by molar-refractivity contribution is 5.50. The Morgan fingerprint density at radius 2 is 1.02 bits per heavy atom. The third kappa shape index (κ3) is 6.36. The van der Waals surface area contributed by atoms with Crippen LogP contribution in [0.25, 0.3) is 0 Å². The summed E-state index contributed by atoms with van der Waals surface area (Å²) < 4.78 is 0. The summed E-state index contributed by atoms with van der Waals surface area (Å²) in [6, 6.07) is 10.6. The van der Waals surface area contributed by atoms with Crippen molar-refractivity contribution in [3.63, 3.8) is 0 Å². The van der Waals surface area contributed by atoms with Crippen molar-refractivity contribution in [1.29, 1.82) is 0 Å². The Labute approximate surface area is 326 Å². The molecule has 6 heteroatoms. The van der Waals surface area contributed by atoms with Crippen LogP contribution in [0.15, 0.2) is 24.3 Å². The lowest BCUT2D eigenvalue weighted by molar-refractivity contribution is -0.0241. The standard InChI is InChI=1S/C48H70N4O2/c53-45-27-41-35(25-43-39-13-1-3-15-47(39,41)17-21-51(43)31-33-9-7-10-33)23-37(45)29-49-19-5-6-20-50-30-38-24-36-26-44-40-14-2-4-16-48(40,42(36)28-46(38)54)18-22-52(44)32-34-11-8-12-34/h23-24,27-28,33-34,39-40,43-44,49-50,53-54H,1-22,25-26,29-32H2/t39-,40-,43+,44+,47+,48+/m0/s1. The number of nitrogens with zero attached hydrogens (tertiary/aromatic N) is 2. The summed E-state index contributed by atoms with van der Waals surface area (Å²) in [4.78, 5) is 5.82. The number of likely N-dealkylation sites (tertiary alicyclic amines) is 2. The van der Waals surface area contributed by atoms with Crippen LogP contribution in [-0.2, 0) is 36.8 Å².